The molecule has 2 aromatic heterocycles. The molecule has 0 bridgehead atoms. The van der Waals surface area contributed by atoms with Crippen LogP contribution in [0.3, 0.4) is 0 Å². The molecule has 180 valence electrons. The van der Waals surface area contributed by atoms with E-state index in [-0.39, 0.29) is 11.9 Å². The maximum Gasteiger partial charge on any atom is 0.320 e. The van der Waals surface area contributed by atoms with Gasteiger partial charge in [-0.1, -0.05) is 6.08 Å². The molecule has 0 spiro atoms. The first kappa shape index (κ1) is 23.5. The van der Waals surface area contributed by atoms with Crippen LogP contribution in [0.2, 0.25) is 0 Å². The van der Waals surface area contributed by atoms with Gasteiger partial charge in [0.15, 0.2) is 5.69 Å². The number of rotatable bonds is 5. The number of morpholine rings is 1. The Kier molecular flexibility index (Phi) is 6.97. The molecular formula is C24H31N7O3. The van der Waals surface area contributed by atoms with Gasteiger partial charge in [0.2, 0.25) is 0 Å². The van der Waals surface area contributed by atoms with Gasteiger partial charge in [-0.25, -0.2) is 9.79 Å². The van der Waals surface area contributed by atoms with Gasteiger partial charge < -0.3 is 24.8 Å². The van der Waals surface area contributed by atoms with E-state index >= 15 is 0 Å². The second-order valence-corrected chi connectivity index (χ2v) is 8.56. The highest BCUT2D eigenvalue weighted by molar-refractivity contribution is 5.95. The monoisotopic (exact) mass is 465 g/mol. The van der Waals surface area contributed by atoms with E-state index in [1.165, 1.54) is 0 Å². The van der Waals surface area contributed by atoms with E-state index in [4.69, 9.17) is 4.74 Å². The summed E-state index contributed by atoms with van der Waals surface area (Å²) < 4.78 is 5.34. The van der Waals surface area contributed by atoms with Crippen molar-refractivity contribution in [3.63, 3.8) is 0 Å². The molecule has 1 saturated heterocycles. The normalized spacial score (nSPS) is 16.9. The molecule has 1 fully saturated rings. The van der Waals surface area contributed by atoms with Crippen LogP contribution in [-0.2, 0) is 4.74 Å². The second kappa shape index (κ2) is 10.1. The zero-order valence-corrected chi connectivity index (χ0v) is 19.9. The molecule has 4 rings (SSSR count). The third kappa shape index (κ3) is 4.96. The fraction of sp³-hybridized carbons (Fsp3) is 0.417. The largest absolute Gasteiger partial charge is 0.378 e. The maximum absolute atomic E-state index is 12.7. The lowest BCUT2D eigenvalue weighted by Gasteiger charge is -2.34. The molecule has 34 heavy (non-hydrogen) atoms. The van der Waals surface area contributed by atoms with Crippen molar-refractivity contribution in [3.05, 3.63) is 46.0 Å². The molecule has 10 nitrogen and oxygen atoms in total. The van der Waals surface area contributed by atoms with Crippen molar-refractivity contribution < 1.29 is 14.3 Å². The zero-order valence-electron chi connectivity index (χ0n) is 19.9. The Morgan fingerprint density at radius 2 is 2.00 bits per heavy atom. The third-order valence-electron chi connectivity index (χ3n) is 6.24. The number of aryl methyl sites for hydroxylation is 1. The number of nitrogens with one attached hydrogen (secondary N) is 3. The summed E-state index contributed by atoms with van der Waals surface area (Å²) in [5.41, 5.74) is 5.63. The molecule has 2 aliphatic heterocycles. The molecule has 0 aromatic carbocycles. The standard InChI is InChI=1S/C24H31N7O3/c1-15(26-23(32)21-16(2)17(3)28-29-21)13-19-14-20(27-22(19)25-4)18-5-7-30(8-6-18)24(33)31-9-11-34-12-10-31/h5,13-14,27H,4,6-12H2,1-3H3,(H,26,32)(H,28,29)/b15-13+. The highest BCUT2D eigenvalue weighted by Gasteiger charge is 2.25. The van der Waals surface area contributed by atoms with Crippen molar-refractivity contribution in [3.8, 4) is 0 Å². The van der Waals surface area contributed by atoms with E-state index in [9.17, 15) is 9.59 Å². The molecule has 3 N–H and O–H groups in total. The summed E-state index contributed by atoms with van der Waals surface area (Å²) in [6.07, 6.45) is 4.67. The minimum atomic E-state index is -0.264. The minimum Gasteiger partial charge on any atom is -0.378 e. The first-order valence-electron chi connectivity index (χ1n) is 11.4. The number of ether oxygens (including phenoxy) is 1. The predicted octanol–water partition coefficient (Wildman–Crippen LogP) is 3.02. The summed E-state index contributed by atoms with van der Waals surface area (Å²) in [4.78, 5) is 36.4. The van der Waals surface area contributed by atoms with Crippen molar-refractivity contribution in [2.24, 2.45) is 4.99 Å². The number of amides is 3. The lowest BCUT2D eigenvalue weighted by molar-refractivity contribution is 0.0441. The first-order valence-corrected chi connectivity index (χ1v) is 11.4. The third-order valence-corrected chi connectivity index (χ3v) is 6.24. The van der Waals surface area contributed by atoms with E-state index in [0.717, 1.165) is 34.5 Å². The van der Waals surface area contributed by atoms with Crippen molar-refractivity contribution in [2.45, 2.75) is 27.2 Å². The average Bonchev–Trinajstić information content (AvgIpc) is 3.41. The summed E-state index contributed by atoms with van der Waals surface area (Å²) in [7, 11) is 0. The Morgan fingerprint density at radius 3 is 2.62 bits per heavy atom. The van der Waals surface area contributed by atoms with Crippen LogP contribution in [0.5, 0.6) is 0 Å². The molecule has 0 radical (unpaired) electrons. The first-order chi connectivity index (χ1) is 16.4. The van der Waals surface area contributed by atoms with Gasteiger partial charge in [0, 0.05) is 54.4 Å². The Bertz CT molecular complexity index is 1150. The number of nitrogens with zero attached hydrogens (tertiary/aromatic N) is 4. The molecule has 2 aromatic rings. The van der Waals surface area contributed by atoms with Crippen LogP contribution < -0.4 is 5.32 Å². The van der Waals surface area contributed by atoms with Crippen LogP contribution in [0.1, 0.15) is 46.3 Å². The molecule has 3 amide bonds. The maximum atomic E-state index is 12.7. The number of aromatic amines is 2. The van der Waals surface area contributed by atoms with Gasteiger partial charge in [-0.3, -0.25) is 9.89 Å². The van der Waals surface area contributed by atoms with Crippen LogP contribution >= 0.6 is 0 Å². The Morgan fingerprint density at radius 1 is 1.24 bits per heavy atom. The van der Waals surface area contributed by atoms with Crippen LogP contribution in [-0.4, -0.2) is 83.0 Å². The average molecular weight is 466 g/mol. The zero-order chi connectivity index (χ0) is 24.2. The van der Waals surface area contributed by atoms with E-state index < -0.39 is 0 Å². The lowest BCUT2D eigenvalue weighted by atomic mass is 10.0. The molecular weight excluding hydrogens is 434 g/mol. The van der Waals surface area contributed by atoms with E-state index in [1.54, 1.807) is 0 Å². The predicted molar refractivity (Wildman–Crippen MR) is 131 cm³/mol. The van der Waals surface area contributed by atoms with Gasteiger partial charge in [0.1, 0.15) is 5.82 Å². The van der Waals surface area contributed by atoms with Crippen LogP contribution in [0, 0.1) is 13.8 Å². The molecule has 0 atom stereocenters. The molecule has 0 unspecified atom stereocenters. The number of aromatic nitrogens is 3. The Labute approximate surface area is 198 Å². The van der Waals surface area contributed by atoms with Gasteiger partial charge in [0.05, 0.1) is 13.2 Å². The van der Waals surface area contributed by atoms with Crippen molar-refractivity contribution in [1.82, 2.24) is 30.3 Å². The highest BCUT2D eigenvalue weighted by Crippen LogP contribution is 2.29. The van der Waals surface area contributed by atoms with E-state index in [0.29, 0.717) is 56.6 Å². The van der Waals surface area contributed by atoms with Crippen molar-refractivity contribution >= 4 is 36.1 Å². The Hall–Kier alpha value is -3.66. The number of urea groups is 1. The van der Waals surface area contributed by atoms with Gasteiger partial charge in [-0.15, -0.1) is 0 Å². The number of carbonyl (C=O) groups excluding carboxylic acids is 2. The molecule has 2 aliphatic rings. The molecule has 0 saturated carbocycles. The van der Waals surface area contributed by atoms with Crippen molar-refractivity contribution in [2.75, 3.05) is 39.4 Å². The number of hydrogen-bond donors (Lipinski definition) is 3. The number of H-pyrrole nitrogens is 2. The molecule has 4 heterocycles. The smallest absolute Gasteiger partial charge is 0.320 e. The van der Waals surface area contributed by atoms with Gasteiger partial charge in [-0.2, -0.15) is 5.10 Å². The SMILES string of the molecule is C=Nc1[nH]c(C2=CCN(C(=O)N3CCOCC3)CC2)cc1/C=C(\C)NC(=O)c1n[nH]c(C)c1C. The quantitative estimate of drug-likeness (QED) is 0.588. The number of aliphatic imine (C=N–C) groups is 1. The highest BCUT2D eigenvalue weighted by atomic mass is 16.5. The number of hydrogen-bond acceptors (Lipinski definition) is 5. The fourth-order valence-corrected chi connectivity index (χ4v) is 4.13. The summed E-state index contributed by atoms with van der Waals surface area (Å²) in [6.45, 7) is 12.9. The Balaban J connectivity index is 1.44. The lowest BCUT2D eigenvalue weighted by Crippen LogP contribution is -2.49. The van der Waals surface area contributed by atoms with Crippen molar-refractivity contribution in [1.29, 1.82) is 0 Å². The molecule has 10 heteroatoms. The summed E-state index contributed by atoms with van der Waals surface area (Å²) in [5.74, 6) is 0.364. The van der Waals surface area contributed by atoms with Gasteiger partial charge in [-0.05, 0) is 51.6 Å². The topological polar surface area (TPSA) is 119 Å². The summed E-state index contributed by atoms with van der Waals surface area (Å²) in [5, 5.41) is 9.79. The van der Waals surface area contributed by atoms with Crippen LogP contribution in [0.4, 0.5) is 10.6 Å². The second-order valence-electron chi connectivity index (χ2n) is 8.56. The van der Waals surface area contributed by atoms with E-state index in [1.807, 2.05) is 42.7 Å². The van der Waals surface area contributed by atoms with Crippen LogP contribution in [0.15, 0.2) is 22.8 Å². The summed E-state index contributed by atoms with van der Waals surface area (Å²) >= 11 is 0. The number of allylic oxidation sites excluding steroid dienone is 1. The fourth-order valence-electron chi connectivity index (χ4n) is 4.13. The van der Waals surface area contributed by atoms with Gasteiger partial charge in [0.25, 0.3) is 5.91 Å². The molecule has 0 aliphatic carbocycles. The van der Waals surface area contributed by atoms with E-state index in [2.05, 4.69) is 38.3 Å². The number of carbonyl (C=O) groups is 2. The van der Waals surface area contributed by atoms with Crippen LogP contribution in [0.25, 0.3) is 11.6 Å². The minimum absolute atomic E-state index is 0.0656. The van der Waals surface area contributed by atoms with Gasteiger partial charge >= 0.3 is 6.03 Å². The summed E-state index contributed by atoms with van der Waals surface area (Å²) in [6, 6.07) is 2.06.